The molecule has 0 saturated carbocycles. The van der Waals surface area contributed by atoms with Gasteiger partial charge >= 0.3 is 0 Å². The highest BCUT2D eigenvalue weighted by atomic mass is 19.2. The van der Waals surface area contributed by atoms with Gasteiger partial charge in [0.15, 0.2) is 29.1 Å². The number of carbonyl (C=O) groups excluding carboxylic acids is 2. The molecule has 1 atom stereocenters. The molecular weight excluding hydrogens is 427 g/mol. The second kappa shape index (κ2) is 8.92. The van der Waals surface area contributed by atoms with Gasteiger partial charge in [-0.05, 0) is 5.56 Å². The quantitative estimate of drug-likeness (QED) is 0.268. The lowest BCUT2D eigenvalue weighted by Crippen LogP contribution is -2.46. The number of anilines is 1. The highest BCUT2D eigenvalue weighted by molar-refractivity contribution is 6.01. The van der Waals surface area contributed by atoms with Gasteiger partial charge in [0.05, 0.1) is 12.3 Å². The number of benzene rings is 2. The fourth-order valence-electron chi connectivity index (χ4n) is 2.59. The molecule has 0 aliphatic rings. The molecule has 0 aliphatic heterocycles. The van der Waals surface area contributed by atoms with Crippen LogP contribution in [-0.4, -0.2) is 39.8 Å². The summed E-state index contributed by atoms with van der Waals surface area (Å²) in [5.74, 6) is -14.7. The Bertz CT molecular complexity index is 1110. The van der Waals surface area contributed by atoms with Crippen molar-refractivity contribution in [2.45, 2.75) is 6.04 Å². The van der Waals surface area contributed by atoms with Crippen LogP contribution in [0.2, 0.25) is 0 Å². The summed E-state index contributed by atoms with van der Waals surface area (Å²) in [6, 6.07) is 8.52. The summed E-state index contributed by atoms with van der Waals surface area (Å²) in [4.78, 5) is 24.3. The molecule has 2 amide bonds. The van der Waals surface area contributed by atoms with Crippen molar-refractivity contribution in [2.24, 2.45) is 0 Å². The fraction of sp³-hybridized carbons (Fsp3) is 0.105. The van der Waals surface area contributed by atoms with Crippen LogP contribution in [0.1, 0.15) is 10.4 Å². The number of halogens is 5. The molecule has 4 N–H and O–H groups in total. The first-order valence-electron chi connectivity index (χ1n) is 8.59. The van der Waals surface area contributed by atoms with Crippen molar-refractivity contribution in [3.05, 3.63) is 71.0 Å². The maximum Gasteiger partial charge on any atom is 0.258 e. The van der Waals surface area contributed by atoms with Crippen LogP contribution in [0.4, 0.5) is 27.8 Å². The van der Waals surface area contributed by atoms with Crippen LogP contribution in [0, 0.1) is 29.1 Å². The number of aromatic nitrogens is 2. The zero-order valence-corrected chi connectivity index (χ0v) is 15.3. The summed E-state index contributed by atoms with van der Waals surface area (Å²) in [5, 5.41) is 19.8. The number of H-pyrrole nitrogens is 1. The number of nitrogens with one attached hydrogen (secondary N) is 3. The molecule has 0 aliphatic carbocycles. The van der Waals surface area contributed by atoms with Crippen LogP contribution in [0.25, 0.3) is 11.3 Å². The third-order valence-electron chi connectivity index (χ3n) is 4.16. The van der Waals surface area contributed by atoms with E-state index in [2.05, 4.69) is 15.5 Å². The van der Waals surface area contributed by atoms with E-state index in [-0.39, 0.29) is 5.82 Å². The third-order valence-corrected chi connectivity index (χ3v) is 4.16. The Morgan fingerprint density at radius 3 is 2.13 bits per heavy atom. The smallest absolute Gasteiger partial charge is 0.258 e. The minimum absolute atomic E-state index is 0.00668. The summed E-state index contributed by atoms with van der Waals surface area (Å²) in [7, 11) is 0. The van der Waals surface area contributed by atoms with E-state index in [1.165, 1.54) is 6.07 Å². The molecule has 0 unspecified atom stereocenters. The lowest BCUT2D eigenvalue weighted by atomic mass is 10.1. The Labute approximate surface area is 170 Å². The molecule has 2 aromatic carbocycles. The van der Waals surface area contributed by atoms with E-state index < -0.39 is 59.1 Å². The minimum Gasteiger partial charge on any atom is -0.394 e. The van der Waals surface area contributed by atoms with Crippen LogP contribution in [0.15, 0.2) is 36.4 Å². The third kappa shape index (κ3) is 4.38. The molecule has 3 rings (SSSR count). The van der Waals surface area contributed by atoms with Gasteiger partial charge in [-0.2, -0.15) is 5.10 Å². The molecule has 0 saturated heterocycles. The van der Waals surface area contributed by atoms with Gasteiger partial charge in [-0.15, -0.1) is 0 Å². The Balaban J connectivity index is 1.75. The van der Waals surface area contributed by atoms with Crippen molar-refractivity contribution in [1.82, 2.24) is 15.5 Å². The molecule has 7 nitrogen and oxygen atoms in total. The standard InChI is InChI=1S/C19H13F5N4O3/c20-13-12(14(21)16(23)17(24)15(13)22)19(31)25-10(7-29)18(30)26-11-6-9(27-28-11)8-4-2-1-3-5-8/h1-6,10,29H,7H2,(H,25,31)(H2,26,27,28,30)/t10-/m0/s1. The van der Waals surface area contributed by atoms with Gasteiger partial charge in [-0.3, -0.25) is 14.7 Å². The van der Waals surface area contributed by atoms with Gasteiger partial charge in [0, 0.05) is 6.07 Å². The zero-order valence-electron chi connectivity index (χ0n) is 15.3. The topological polar surface area (TPSA) is 107 Å². The number of amides is 2. The predicted molar refractivity (Wildman–Crippen MR) is 97.2 cm³/mol. The van der Waals surface area contributed by atoms with Gasteiger partial charge in [0.1, 0.15) is 11.6 Å². The maximum absolute atomic E-state index is 13.8. The number of aliphatic hydroxyl groups is 1. The van der Waals surface area contributed by atoms with E-state index in [1.807, 2.05) is 0 Å². The normalized spacial score (nSPS) is 11.8. The largest absolute Gasteiger partial charge is 0.394 e. The van der Waals surface area contributed by atoms with Crippen molar-refractivity contribution >= 4 is 17.6 Å². The summed E-state index contributed by atoms with van der Waals surface area (Å²) in [6.07, 6.45) is 0. The van der Waals surface area contributed by atoms with Gasteiger partial charge in [0.2, 0.25) is 5.82 Å². The van der Waals surface area contributed by atoms with Gasteiger partial charge in [-0.25, -0.2) is 22.0 Å². The number of rotatable bonds is 6. The second-order valence-electron chi connectivity index (χ2n) is 6.18. The monoisotopic (exact) mass is 440 g/mol. The molecule has 3 aromatic rings. The molecule has 12 heteroatoms. The van der Waals surface area contributed by atoms with Gasteiger partial charge < -0.3 is 15.7 Å². The molecule has 31 heavy (non-hydrogen) atoms. The Hall–Kier alpha value is -3.80. The highest BCUT2D eigenvalue weighted by Gasteiger charge is 2.31. The summed E-state index contributed by atoms with van der Waals surface area (Å²) in [5.41, 5.74) is -0.510. The molecule has 162 valence electrons. The highest BCUT2D eigenvalue weighted by Crippen LogP contribution is 2.23. The molecule has 1 aromatic heterocycles. The van der Waals surface area contributed by atoms with Gasteiger partial charge in [0.25, 0.3) is 11.8 Å². The number of hydrogen-bond donors (Lipinski definition) is 4. The van der Waals surface area contributed by atoms with E-state index in [4.69, 9.17) is 0 Å². The van der Waals surface area contributed by atoms with E-state index in [0.29, 0.717) is 5.69 Å². The zero-order chi connectivity index (χ0) is 22.7. The number of aromatic amines is 1. The van der Waals surface area contributed by atoms with Crippen LogP contribution in [-0.2, 0) is 4.79 Å². The maximum atomic E-state index is 13.8. The average molecular weight is 440 g/mol. The van der Waals surface area contributed by atoms with Crippen molar-refractivity contribution in [3.63, 3.8) is 0 Å². The van der Waals surface area contributed by atoms with Crippen LogP contribution >= 0.6 is 0 Å². The Morgan fingerprint density at radius 2 is 1.55 bits per heavy atom. The molecule has 0 bridgehead atoms. The minimum atomic E-state index is -2.43. The summed E-state index contributed by atoms with van der Waals surface area (Å²) in [6.45, 7) is -1.04. The first kappa shape index (κ1) is 21.9. The van der Waals surface area contributed by atoms with Crippen molar-refractivity contribution < 1.29 is 36.6 Å². The lowest BCUT2D eigenvalue weighted by Gasteiger charge is -2.16. The molecule has 0 spiro atoms. The lowest BCUT2D eigenvalue weighted by molar-refractivity contribution is -0.118. The van der Waals surface area contributed by atoms with Crippen LogP contribution in [0.3, 0.4) is 0 Å². The molecular formula is C19H13F5N4O3. The average Bonchev–Trinajstić information content (AvgIpc) is 3.23. The van der Waals surface area contributed by atoms with E-state index in [0.717, 1.165) is 5.56 Å². The molecule has 0 fully saturated rings. The summed E-state index contributed by atoms with van der Waals surface area (Å²) >= 11 is 0. The van der Waals surface area contributed by atoms with E-state index in [1.54, 1.807) is 35.6 Å². The fourth-order valence-corrected chi connectivity index (χ4v) is 2.59. The first-order chi connectivity index (χ1) is 14.7. The number of carbonyl (C=O) groups is 2. The Morgan fingerprint density at radius 1 is 0.968 bits per heavy atom. The number of nitrogens with zero attached hydrogens (tertiary/aromatic N) is 1. The Kier molecular flexibility index (Phi) is 6.30. The van der Waals surface area contributed by atoms with E-state index in [9.17, 15) is 36.6 Å². The predicted octanol–water partition coefficient (Wildman–Crippen LogP) is 2.50. The van der Waals surface area contributed by atoms with Crippen molar-refractivity contribution in [3.8, 4) is 11.3 Å². The van der Waals surface area contributed by atoms with Crippen molar-refractivity contribution in [1.29, 1.82) is 0 Å². The summed E-state index contributed by atoms with van der Waals surface area (Å²) < 4.78 is 67.2. The first-order valence-corrected chi connectivity index (χ1v) is 8.59. The van der Waals surface area contributed by atoms with Crippen molar-refractivity contribution in [2.75, 3.05) is 11.9 Å². The number of aliphatic hydroxyl groups excluding tert-OH is 1. The number of hydrogen-bond acceptors (Lipinski definition) is 4. The van der Waals surface area contributed by atoms with E-state index >= 15 is 0 Å². The van der Waals surface area contributed by atoms with Crippen LogP contribution in [0.5, 0.6) is 0 Å². The van der Waals surface area contributed by atoms with Crippen LogP contribution < -0.4 is 10.6 Å². The molecule has 0 radical (unpaired) electrons. The SMILES string of the molecule is O=C(N[C@@H](CO)C(=O)Nc1cc(-c2ccccc2)[nH]n1)c1c(F)c(F)c(F)c(F)c1F. The van der Waals surface area contributed by atoms with Gasteiger partial charge in [-0.1, -0.05) is 30.3 Å². The second-order valence-corrected chi connectivity index (χ2v) is 6.18. The molecule has 1 heterocycles.